The molecule has 0 aliphatic heterocycles. The van der Waals surface area contributed by atoms with Crippen LogP contribution < -0.4 is 0 Å². The predicted octanol–water partition coefficient (Wildman–Crippen LogP) is 4.77. The molecule has 1 aromatic rings. The second-order valence-corrected chi connectivity index (χ2v) is 1.15. The van der Waals surface area contributed by atoms with Gasteiger partial charge in [0.2, 0.25) is 0 Å². The van der Waals surface area contributed by atoms with Gasteiger partial charge in [-0.25, -0.2) is 0 Å². The van der Waals surface area contributed by atoms with E-state index in [9.17, 15) is 0 Å². The monoisotopic (exact) mass is 168 g/mol. The Morgan fingerprint density at radius 1 is 0.333 bits per heavy atom. The summed E-state index contributed by atoms with van der Waals surface area (Å²) in [5.74, 6) is 0. The van der Waals surface area contributed by atoms with Crippen LogP contribution in [0.2, 0.25) is 0 Å². The van der Waals surface area contributed by atoms with Gasteiger partial charge < -0.3 is 0 Å². The Morgan fingerprint density at radius 3 is 0.500 bits per heavy atom. The van der Waals surface area contributed by atoms with Crippen molar-refractivity contribution in [3.8, 4) is 0 Å². The molecule has 0 saturated heterocycles. The number of hydrogen-bond donors (Lipinski definition) is 0. The van der Waals surface area contributed by atoms with Crippen LogP contribution in [0.3, 0.4) is 0 Å². The van der Waals surface area contributed by atoms with E-state index in [1.807, 2.05) is 77.9 Å². The lowest BCUT2D eigenvalue weighted by Gasteiger charge is -1.69. The molecule has 0 aliphatic rings. The van der Waals surface area contributed by atoms with Gasteiger partial charge in [0.05, 0.1) is 0 Å². The SMILES string of the molecule is CC.CC.CC.c1ccccc1. The maximum absolute atomic E-state index is 2.00. The van der Waals surface area contributed by atoms with Crippen molar-refractivity contribution in [3.63, 3.8) is 0 Å². The third-order valence-electron chi connectivity index (χ3n) is 0.667. The van der Waals surface area contributed by atoms with Crippen molar-refractivity contribution in [1.82, 2.24) is 0 Å². The second kappa shape index (κ2) is 31.9. The van der Waals surface area contributed by atoms with Gasteiger partial charge in [-0.2, -0.15) is 0 Å². The van der Waals surface area contributed by atoms with Crippen LogP contribution in [0.15, 0.2) is 36.4 Å². The summed E-state index contributed by atoms with van der Waals surface area (Å²) in [5.41, 5.74) is 0. The first-order valence-corrected chi connectivity index (χ1v) is 5.00. The Hall–Kier alpha value is -0.780. The molecule has 0 aromatic heterocycles. The molecule has 0 spiro atoms. The number of hydrogen-bond acceptors (Lipinski definition) is 0. The normalized spacial score (nSPS) is 5.50. The Kier molecular flexibility index (Phi) is 46.1. The van der Waals surface area contributed by atoms with Gasteiger partial charge in [0.25, 0.3) is 0 Å². The predicted molar refractivity (Wildman–Crippen MR) is 60.5 cm³/mol. The van der Waals surface area contributed by atoms with Gasteiger partial charge in [0, 0.05) is 0 Å². The lowest BCUT2D eigenvalue weighted by molar-refractivity contribution is 1.50. The van der Waals surface area contributed by atoms with Crippen molar-refractivity contribution < 1.29 is 0 Å². The van der Waals surface area contributed by atoms with Gasteiger partial charge in [-0.05, 0) is 0 Å². The van der Waals surface area contributed by atoms with Crippen molar-refractivity contribution >= 4 is 0 Å². The number of benzene rings is 1. The minimum Gasteiger partial charge on any atom is -0.0683 e. The quantitative estimate of drug-likeness (QED) is 0.523. The lowest BCUT2D eigenvalue weighted by Crippen LogP contribution is -1.47. The van der Waals surface area contributed by atoms with E-state index in [1.54, 1.807) is 0 Å². The summed E-state index contributed by atoms with van der Waals surface area (Å²) < 4.78 is 0. The maximum Gasteiger partial charge on any atom is -0.0623 e. The molecule has 0 heterocycles. The zero-order chi connectivity index (χ0) is 10.2. The molecule has 0 fully saturated rings. The summed E-state index contributed by atoms with van der Waals surface area (Å²) >= 11 is 0. The first-order chi connectivity index (χ1) is 6.00. The van der Waals surface area contributed by atoms with Gasteiger partial charge in [0.1, 0.15) is 0 Å². The first kappa shape index (κ1) is 17.3. The summed E-state index contributed by atoms with van der Waals surface area (Å²) in [6, 6.07) is 12.0. The summed E-state index contributed by atoms with van der Waals surface area (Å²) in [4.78, 5) is 0. The lowest BCUT2D eigenvalue weighted by atomic mass is 10.4. The third kappa shape index (κ3) is 22.9. The molecule has 0 saturated carbocycles. The van der Waals surface area contributed by atoms with Crippen LogP contribution >= 0.6 is 0 Å². The van der Waals surface area contributed by atoms with E-state index in [1.165, 1.54) is 0 Å². The molecule has 0 amide bonds. The maximum atomic E-state index is 2.00. The summed E-state index contributed by atoms with van der Waals surface area (Å²) in [7, 11) is 0. The Balaban J connectivity index is -0.000000117. The Bertz CT molecular complexity index is 72.0. The summed E-state index contributed by atoms with van der Waals surface area (Å²) in [5, 5.41) is 0. The fourth-order valence-electron chi connectivity index (χ4n) is 0.385. The molecule has 0 bridgehead atoms. The summed E-state index contributed by atoms with van der Waals surface area (Å²) in [6.07, 6.45) is 0. The standard InChI is InChI=1S/C6H6.3C2H6/c1-2-4-6-5-3-1;3*1-2/h1-6H;3*1-2H3. The molecule has 0 aliphatic carbocycles. The van der Waals surface area contributed by atoms with E-state index in [0.717, 1.165) is 0 Å². The van der Waals surface area contributed by atoms with E-state index in [-0.39, 0.29) is 0 Å². The minimum atomic E-state index is 2.00. The third-order valence-corrected chi connectivity index (χ3v) is 0.667. The van der Waals surface area contributed by atoms with Crippen molar-refractivity contribution in [3.05, 3.63) is 36.4 Å². The largest absolute Gasteiger partial charge is 0.0683 e. The van der Waals surface area contributed by atoms with Crippen molar-refractivity contribution in [2.45, 2.75) is 41.5 Å². The van der Waals surface area contributed by atoms with Crippen LogP contribution in [0.25, 0.3) is 0 Å². The molecule has 1 aromatic carbocycles. The minimum absolute atomic E-state index is 2.00. The van der Waals surface area contributed by atoms with E-state index in [0.29, 0.717) is 0 Å². The van der Waals surface area contributed by atoms with Crippen molar-refractivity contribution in [2.24, 2.45) is 0 Å². The molecule has 0 heteroatoms. The van der Waals surface area contributed by atoms with E-state index in [2.05, 4.69) is 0 Å². The van der Waals surface area contributed by atoms with Gasteiger partial charge in [0.15, 0.2) is 0 Å². The Morgan fingerprint density at radius 2 is 0.417 bits per heavy atom. The second-order valence-electron chi connectivity index (χ2n) is 1.15. The molecule has 0 unspecified atom stereocenters. The van der Waals surface area contributed by atoms with Crippen LogP contribution in [0.5, 0.6) is 0 Å². The molecule has 72 valence electrons. The van der Waals surface area contributed by atoms with Crippen LogP contribution in [0, 0.1) is 0 Å². The molecule has 0 nitrogen and oxygen atoms in total. The first-order valence-electron chi connectivity index (χ1n) is 5.00. The fourth-order valence-corrected chi connectivity index (χ4v) is 0.385. The van der Waals surface area contributed by atoms with E-state index < -0.39 is 0 Å². The van der Waals surface area contributed by atoms with E-state index in [4.69, 9.17) is 0 Å². The van der Waals surface area contributed by atoms with Gasteiger partial charge >= 0.3 is 0 Å². The van der Waals surface area contributed by atoms with Crippen LogP contribution in [-0.2, 0) is 0 Å². The van der Waals surface area contributed by atoms with Crippen LogP contribution in [0.4, 0.5) is 0 Å². The molecule has 0 N–H and O–H groups in total. The number of rotatable bonds is 0. The van der Waals surface area contributed by atoms with Crippen molar-refractivity contribution in [1.29, 1.82) is 0 Å². The molecule has 1 rings (SSSR count). The molecule has 12 heavy (non-hydrogen) atoms. The molecule has 0 radical (unpaired) electrons. The van der Waals surface area contributed by atoms with Crippen LogP contribution in [-0.4, -0.2) is 0 Å². The van der Waals surface area contributed by atoms with Crippen LogP contribution in [0.1, 0.15) is 41.5 Å². The molecule has 0 atom stereocenters. The highest BCUT2D eigenvalue weighted by Gasteiger charge is 1.57. The smallest absolute Gasteiger partial charge is 0.0623 e. The topological polar surface area (TPSA) is 0 Å². The average Bonchev–Trinajstić information content (AvgIpc) is 2.29. The highest BCUT2D eigenvalue weighted by molar-refractivity contribution is 4.99. The van der Waals surface area contributed by atoms with Gasteiger partial charge in [-0.3, -0.25) is 0 Å². The highest BCUT2D eigenvalue weighted by atomic mass is 13.6. The van der Waals surface area contributed by atoms with Gasteiger partial charge in [-0.15, -0.1) is 0 Å². The highest BCUT2D eigenvalue weighted by Crippen LogP contribution is 1.79. The van der Waals surface area contributed by atoms with Crippen molar-refractivity contribution in [2.75, 3.05) is 0 Å². The molecular formula is C12H24. The zero-order valence-corrected chi connectivity index (χ0v) is 9.46. The fraction of sp³-hybridized carbons (Fsp3) is 0.500. The van der Waals surface area contributed by atoms with E-state index >= 15 is 0 Å². The average molecular weight is 168 g/mol. The molecular weight excluding hydrogens is 144 g/mol. The van der Waals surface area contributed by atoms with Gasteiger partial charge in [-0.1, -0.05) is 77.9 Å². The zero-order valence-electron chi connectivity index (χ0n) is 9.46. The Labute approximate surface area is 78.6 Å². The summed E-state index contributed by atoms with van der Waals surface area (Å²) in [6.45, 7) is 12.0.